The summed E-state index contributed by atoms with van der Waals surface area (Å²) in [5.74, 6) is -0.274. The lowest BCUT2D eigenvalue weighted by Crippen LogP contribution is -2.38. The third-order valence-corrected chi connectivity index (χ3v) is 4.14. The van der Waals surface area contributed by atoms with Crippen LogP contribution in [0.25, 0.3) is 0 Å². The summed E-state index contributed by atoms with van der Waals surface area (Å²) in [4.78, 5) is 24.4. The van der Waals surface area contributed by atoms with E-state index in [0.717, 1.165) is 12.8 Å². The molecular weight excluding hydrogens is 306 g/mol. The minimum absolute atomic E-state index is 0.0952. The molecule has 2 N–H and O–H groups in total. The molecule has 1 aliphatic heterocycles. The molecule has 0 aliphatic carbocycles. The lowest BCUT2D eigenvalue weighted by molar-refractivity contribution is 0.0696. The van der Waals surface area contributed by atoms with E-state index in [2.05, 4.69) is 10.6 Å². The van der Waals surface area contributed by atoms with Crippen LogP contribution in [-0.4, -0.2) is 35.6 Å². The van der Waals surface area contributed by atoms with Crippen LogP contribution in [0, 0.1) is 0 Å². The molecular formula is C18H21N3O3. The number of ether oxygens (including phenoxy) is 1. The van der Waals surface area contributed by atoms with Crippen molar-refractivity contribution in [2.75, 3.05) is 18.5 Å². The van der Waals surface area contributed by atoms with Gasteiger partial charge in [0.05, 0.1) is 0 Å². The summed E-state index contributed by atoms with van der Waals surface area (Å²) in [6.45, 7) is 1.38. The summed E-state index contributed by atoms with van der Waals surface area (Å²) in [5, 5.41) is 5.84. The maximum atomic E-state index is 12.2. The van der Waals surface area contributed by atoms with Crippen LogP contribution in [-0.2, 0) is 11.8 Å². The molecule has 2 amide bonds. The molecule has 2 aromatic rings. The number of aromatic nitrogens is 1. The number of hydrogen-bond acceptors (Lipinski definition) is 3. The Balaban J connectivity index is 1.59. The highest BCUT2D eigenvalue weighted by atomic mass is 16.5. The molecule has 0 bridgehead atoms. The molecule has 24 heavy (non-hydrogen) atoms. The first-order valence-corrected chi connectivity index (χ1v) is 8.05. The molecule has 2 heterocycles. The van der Waals surface area contributed by atoms with Crippen LogP contribution in [0.1, 0.15) is 33.7 Å². The van der Waals surface area contributed by atoms with Crippen molar-refractivity contribution >= 4 is 17.5 Å². The molecule has 1 aromatic carbocycles. The molecule has 0 radical (unpaired) electrons. The molecule has 126 valence electrons. The number of carbonyl (C=O) groups excluding carboxylic acids is 2. The fourth-order valence-electron chi connectivity index (χ4n) is 2.71. The maximum absolute atomic E-state index is 12.2. The van der Waals surface area contributed by atoms with Crippen molar-refractivity contribution in [2.45, 2.75) is 18.9 Å². The first-order valence-electron chi connectivity index (χ1n) is 8.05. The number of rotatable bonds is 4. The van der Waals surface area contributed by atoms with E-state index < -0.39 is 0 Å². The van der Waals surface area contributed by atoms with Gasteiger partial charge in [-0.3, -0.25) is 9.59 Å². The normalized spacial score (nSPS) is 15.0. The Morgan fingerprint density at radius 1 is 1.08 bits per heavy atom. The van der Waals surface area contributed by atoms with E-state index in [9.17, 15) is 9.59 Å². The van der Waals surface area contributed by atoms with Gasteiger partial charge < -0.3 is 19.9 Å². The van der Waals surface area contributed by atoms with Crippen molar-refractivity contribution in [3.8, 4) is 0 Å². The Labute approximate surface area is 140 Å². The van der Waals surface area contributed by atoms with Crippen LogP contribution >= 0.6 is 0 Å². The molecule has 0 saturated carbocycles. The number of nitrogens with one attached hydrogen (secondary N) is 2. The van der Waals surface area contributed by atoms with Crippen molar-refractivity contribution in [1.29, 1.82) is 0 Å². The highest BCUT2D eigenvalue weighted by molar-refractivity contribution is 6.03. The first-order chi connectivity index (χ1) is 11.6. The average Bonchev–Trinajstić information content (AvgIpc) is 3.02. The van der Waals surface area contributed by atoms with Gasteiger partial charge in [-0.05, 0) is 49.2 Å². The maximum Gasteiger partial charge on any atom is 0.272 e. The van der Waals surface area contributed by atoms with E-state index >= 15 is 0 Å². The fourth-order valence-corrected chi connectivity index (χ4v) is 2.71. The highest BCUT2D eigenvalue weighted by Gasteiger charge is 2.17. The van der Waals surface area contributed by atoms with Crippen molar-refractivity contribution in [2.24, 2.45) is 7.05 Å². The zero-order valence-electron chi connectivity index (χ0n) is 13.6. The van der Waals surface area contributed by atoms with Crippen LogP contribution in [0.2, 0.25) is 0 Å². The Morgan fingerprint density at radius 3 is 2.42 bits per heavy atom. The van der Waals surface area contributed by atoms with Gasteiger partial charge in [-0.25, -0.2) is 0 Å². The van der Waals surface area contributed by atoms with E-state index in [1.54, 1.807) is 34.9 Å². The Kier molecular flexibility index (Phi) is 4.96. The van der Waals surface area contributed by atoms with Crippen LogP contribution in [0.4, 0.5) is 5.69 Å². The monoisotopic (exact) mass is 327 g/mol. The molecule has 1 saturated heterocycles. The highest BCUT2D eigenvalue weighted by Crippen LogP contribution is 2.13. The number of aryl methyl sites for hydroxylation is 1. The lowest BCUT2D eigenvalue weighted by Gasteiger charge is -2.23. The van der Waals surface area contributed by atoms with Crippen LogP contribution < -0.4 is 10.6 Å². The van der Waals surface area contributed by atoms with Crippen LogP contribution in [0.3, 0.4) is 0 Å². The van der Waals surface area contributed by atoms with Crippen molar-refractivity contribution in [3.05, 3.63) is 53.9 Å². The van der Waals surface area contributed by atoms with Gasteiger partial charge in [0.25, 0.3) is 11.8 Å². The van der Waals surface area contributed by atoms with Crippen LogP contribution in [0.15, 0.2) is 42.6 Å². The smallest absolute Gasteiger partial charge is 0.272 e. The quantitative estimate of drug-likeness (QED) is 0.904. The summed E-state index contributed by atoms with van der Waals surface area (Å²) in [6, 6.07) is 10.6. The van der Waals surface area contributed by atoms with Crippen molar-refractivity contribution in [1.82, 2.24) is 9.88 Å². The van der Waals surface area contributed by atoms with Gasteiger partial charge >= 0.3 is 0 Å². The average molecular weight is 327 g/mol. The van der Waals surface area contributed by atoms with Gasteiger partial charge in [-0.1, -0.05) is 0 Å². The largest absolute Gasteiger partial charge is 0.381 e. The number of nitrogens with zero attached hydrogens (tertiary/aromatic N) is 1. The van der Waals surface area contributed by atoms with Crippen LogP contribution in [0.5, 0.6) is 0 Å². The van der Waals surface area contributed by atoms with Gasteiger partial charge in [-0.2, -0.15) is 0 Å². The number of anilines is 1. The number of amides is 2. The van der Waals surface area contributed by atoms with Gasteiger partial charge in [0.15, 0.2) is 0 Å². The zero-order valence-corrected chi connectivity index (χ0v) is 13.6. The van der Waals surface area contributed by atoms with Gasteiger partial charge in [0.1, 0.15) is 5.69 Å². The summed E-state index contributed by atoms with van der Waals surface area (Å²) in [5.41, 5.74) is 1.82. The SMILES string of the molecule is Cn1cccc1C(=O)Nc1ccc(C(=O)NC2CCOCC2)cc1. The van der Waals surface area contributed by atoms with E-state index in [1.807, 2.05) is 19.3 Å². The predicted octanol–water partition coefficient (Wildman–Crippen LogP) is 2.19. The summed E-state index contributed by atoms with van der Waals surface area (Å²) in [7, 11) is 1.82. The molecule has 0 spiro atoms. The fraction of sp³-hybridized carbons (Fsp3) is 0.333. The minimum atomic E-state index is -0.179. The van der Waals surface area contributed by atoms with E-state index in [1.165, 1.54) is 0 Å². The standard InChI is InChI=1S/C18H21N3O3/c1-21-10-2-3-16(21)18(23)20-14-6-4-13(5-7-14)17(22)19-15-8-11-24-12-9-15/h2-7,10,15H,8-9,11-12H2,1H3,(H,19,22)(H,20,23). The van der Waals surface area contributed by atoms with Gasteiger partial charge in [0, 0.05) is 43.8 Å². The lowest BCUT2D eigenvalue weighted by atomic mass is 10.1. The Morgan fingerprint density at radius 2 is 1.79 bits per heavy atom. The number of benzene rings is 1. The third-order valence-electron chi connectivity index (χ3n) is 4.14. The predicted molar refractivity (Wildman–Crippen MR) is 91.1 cm³/mol. The molecule has 0 unspecified atom stereocenters. The second kappa shape index (κ2) is 7.31. The molecule has 6 heteroatoms. The molecule has 1 fully saturated rings. The second-order valence-electron chi connectivity index (χ2n) is 5.90. The topological polar surface area (TPSA) is 72.4 Å². The second-order valence-corrected chi connectivity index (χ2v) is 5.90. The number of hydrogen-bond donors (Lipinski definition) is 2. The van der Waals surface area contributed by atoms with Gasteiger partial charge in [-0.15, -0.1) is 0 Å². The minimum Gasteiger partial charge on any atom is -0.381 e. The van der Waals surface area contributed by atoms with Gasteiger partial charge in [0.2, 0.25) is 0 Å². The van der Waals surface area contributed by atoms with Crippen molar-refractivity contribution < 1.29 is 14.3 Å². The van der Waals surface area contributed by atoms with E-state index in [0.29, 0.717) is 30.2 Å². The van der Waals surface area contributed by atoms with E-state index in [4.69, 9.17) is 4.74 Å². The summed E-state index contributed by atoms with van der Waals surface area (Å²) >= 11 is 0. The Bertz CT molecular complexity index is 715. The molecule has 3 rings (SSSR count). The molecule has 0 atom stereocenters. The molecule has 1 aromatic heterocycles. The van der Waals surface area contributed by atoms with Crippen molar-refractivity contribution in [3.63, 3.8) is 0 Å². The Hall–Kier alpha value is -2.60. The molecule has 6 nitrogen and oxygen atoms in total. The van der Waals surface area contributed by atoms with E-state index in [-0.39, 0.29) is 17.9 Å². The third kappa shape index (κ3) is 3.83. The zero-order chi connectivity index (χ0) is 16.9. The molecule has 1 aliphatic rings. The summed E-state index contributed by atoms with van der Waals surface area (Å²) in [6.07, 6.45) is 3.51. The first kappa shape index (κ1) is 16.3. The number of carbonyl (C=O) groups is 2. The summed E-state index contributed by atoms with van der Waals surface area (Å²) < 4.78 is 7.04.